The van der Waals surface area contributed by atoms with E-state index in [0.29, 0.717) is 4.73 Å². The average Bonchev–Trinajstić information content (AvgIpc) is 2.19. The Morgan fingerprint density at radius 3 is 2.29 bits per heavy atom. The fourth-order valence-corrected chi connectivity index (χ4v) is 1.73. The van der Waals surface area contributed by atoms with Crippen LogP contribution in [0.5, 0.6) is 0 Å². The average molecular weight is 314 g/mol. The van der Waals surface area contributed by atoms with Crippen LogP contribution in [0.2, 0.25) is 0 Å². The largest absolute Gasteiger partial charge is 0.230 e. The molecule has 14 heavy (non-hydrogen) atoms. The molecule has 1 heterocycles. The van der Waals surface area contributed by atoms with Gasteiger partial charge in [0.15, 0.2) is 4.73 Å². The molecule has 0 aliphatic heterocycles. The number of hydrogen-bond acceptors (Lipinski definition) is 2. The molecule has 1 aromatic heterocycles. The van der Waals surface area contributed by atoms with Gasteiger partial charge in [0.25, 0.3) is 0 Å². The van der Waals surface area contributed by atoms with Crippen LogP contribution in [0.3, 0.4) is 0 Å². The van der Waals surface area contributed by atoms with Crippen molar-refractivity contribution < 1.29 is 0 Å². The van der Waals surface area contributed by atoms with Crippen molar-refractivity contribution >= 4 is 31.9 Å². The van der Waals surface area contributed by atoms with Crippen molar-refractivity contribution in [1.82, 2.24) is 9.97 Å². The van der Waals surface area contributed by atoms with E-state index in [4.69, 9.17) is 0 Å². The molecule has 0 atom stereocenters. The Morgan fingerprint density at radius 1 is 0.929 bits per heavy atom. The predicted molar refractivity (Wildman–Crippen MR) is 62.9 cm³/mol. The van der Waals surface area contributed by atoms with Crippen LogP contribution in [-0.2, 0) is 0 Å². The Bertz CT molecular complexity index is 440. The summed E-state index contributed by atoms with van der Waals surface area (Å²) in [4.78, 5) is 8.15. The maximum absolute atomic E-state index is 4.08. The first-order chi connectivity index (χ1) is 6.75. The lowest BCUT2D eigenvalue weighted by Gasteiger charge is -2.00. The first-order valence-corrected chi connectivity index (χ1v) is 5.58. The minimum atomic E-state index is 0.608. The lowest BCUT2D eigenvalue weighted by Crippen LogP contribution is -1.84. The van der Waals surface area contributed by atoms with Crippen molar-refractivity contribution in [3.05, 3.63) is 45.9 Å². The van der Waals surface area contributed by atoms with Crippen LogP contribution in [0.25, 0.3) is 11.1 Å². The monoisotopic (exact) mass is 312 g/mol. The van der Waals surface area contributed by atoms with Crippen LogP contribution in [0.1, 0.15) is 0 Å². The lowest BCUT2D eigenvalue weighted by atomic mass is 10.1. The van der Waals surface area contributed by atoms with Gasteiger partial charge in [-0.05, 0) is 33.6 Å². The van der Waals surface area contributed by atoms with Gasteiger partial charge >= 0.3 is 0 Å². The molecular weight excluding hydrogens is 308 g/mol. The van der Waals surface area contributed by atoms with Crippen molar-refractivity contribution in [2.75, 3.05) is 0 Å². The van der Waals surface area contributed by atoms with Crippen LogP contribution in [-0.4, -0.2) is 9.97 Å². The second-order valence-corrected chi connectivity index (χ2v) is 4.38. The van der Waals surface area contributed by atoms with Crippen molar-refractivity contribution in [3.8, 4) is 11.1 Å². The first-order valence-electron chi connectivity index (χ1n) is 3.99. The molecule has 0 radical (unpaired) electrons. The van der Waals surface area contributed by atoms with Gasteiger partial charge in [-0.2, -0.15) is 0 Å². The van der Waals surface area contributed by atoms with Crippen LogP contribution < -0.4 is 0 Å². The van der Waals surface area contributed by atoms with Crippen LogP contribution in [0, 0.1) is 0 Å². The molecule has 0 saturated carbocycles. The molecule has 0 amide bonds. The van der Waals surface area contributed by atoms with E-state index in [1.165, 1.54) is 0 Å². The van der Waals surface area contributed by atoms with Gasteiger partial charge < -0.3 is 0 Å². The minimum Gasteiger partial charge on any atom is -0.230 e. The smallest absolute Gasteiger partial charge is 0.196 e. The highest BCUT2D eigenvalue weighted by atomic mass is 79.9. The van der Waals surface area contributed by atoms with E-state index in [-0.39, 0.29) is 0 Å². The number of rotatable bonds is 1. The zero-order valence-corrected chi connectivity index (χ0v) is 10.3. The molecule has 0 bridgehead atoms. The normalized spacial score (nSPS) is 10.1. The van der Waals surface area contributed by atoms with Crippen molar-refractivity contribution in [1.29, 1.82) is 0 Å². The van der Waals surface area contributed by atoms with Crippen molar-refractivity contribution in [3.63, 3.8) is 0 Å². The van der Waals surface area contributed by atoms with E-state index < -0.39 is 0 Å². The van der Waals surface area contributed by atoms with E-state index in [0.717, 1.165) is 15.6 Å². The van der Waals surface area contributed by atoms with E-state index in [1.807, 2.05) is 24.3 Å². The summed E-state index contributed by atoms with van der Waals surface area (Å²) in [6.45, 7) is 0. The van der Waals surface area contributed by atoms with E-state index >= 15 is 0 Å². The molecular formula is C10H6Br2N2. The second-order valence-electron chi connectivity index (χ2n) is 2.75. The molecule has 2 nitrogen and oxygen atoms in total. The first kappa shape index (κ1) is 9.80. The Morgan fingerprint density at radius 2 is 1.64 bits per heavy atom. The summed E-state index contributed by atoms with van der Waals surface area (Å²) in [5.41, 5.74) is 2.11. The molecule has 0 aliphatic carbocycles. The third-order valence-corrected chi connectivity index (χ3v) is 2.68. The van der Waals surface area contributed by atoms with Gasteiger partial charge in [0.1, 0.15) is 0 Å². The number of aromatic nitrogens is 2. The Labute approximate surface area is 98.7 Å². The number of hydrogen-bond donors (Lipinski definition) is 0. The van der Waals surface area contributed by atoms with Gasteiger partial charge in [0.05, 0.1) is 0 Å². The summed E-state index contributed by atoms with van der Waals surface area (Å²) >= 11 is 6.62. The molecule has 2 aromatic rings. The van der Waals surface area contributed by atoms with E-state index in [1.54, 1.807) is 12.4 Å². The molecule has 0 saturated heterocycles. The Kier molecular flexibility index (Phi) is 2.93. The van der Waals surface area contributed by atoms with Crippen LogP contribution in [0.4, 0.5) is 0 Å². The van der Waals surface area contributed by atoms with E-state index in [2.05, 4.69) is 41.8 Å². The van der Waals surface area contributed by atoms with Crippen LogP contribution in [0.15, 0.2) is 45.9 Å². The fourth-order valence-electron chi connectivity index (χ4n) is 1.13. The van der Waals surface area contributed by atoms with Crippen LogP contribution >= 0.6 is 31.9 Å². The van der Waals surface area contributed by atoms with Gasteiger partial charge in [0.2, 0.25) is 0 Å². The quantitative estimate of drug-likeness (QED) is 0.751. The molecule has 0 unspecified atom stereocenters. The standard InChI is InChI=1S/C10H6Br2N2/c11-9-3-1-2-7(4-9)8-5-13-10(12)14-6-8/h1-6H. The highest BCUT2D eigenvalue weighted by Crippen LogP contribution is 2.21. The maximum atomic E-state index is 4.08. The zero-order chi connectivity index (χ0) is 9.97. The van der Waals surface area contributed by atoms with Gasteiger partial charge in [-0.25, -0.2) is 9.97 Å². The van der Waals surface area contributed by atoms with Crippen molar-refractivity contribution in [2.45, 2.75) is 0 Å². The highest BCUT2D eigenvalue weighted by molar-refractivity contribution is 9.10. The molecule has 4 heteroatoms. The summed E-state index contributed by atoms with van der Waals surface area (Å²) in [5.74, 6) is 0. The van der Waals surface area contributed by atoms with Gasteiger partial charge in [0, 0.05) is 22.4 Å². The minimum absolute atomic E-state index is 0.608. The molecule has 70 valence electrons. The SMILES string of the molecule is Brc1cccc(-c2cnc(Br)nc2)c1. The molecule has 0 fully saturated rings. The predicted octanol–water partition coefficient (Wildman–Crippen LogP) is 3.67. The molecule has 2 rings (SSSR count). The summed E-state index contributed by atoms with van der Waals surface area (Å²) in [5, 5.41) is 0. The summed E-state index contributed by atoms with van der Waals surface area (Å²) < 4.78 is 1.66. The Balaban J connectivity index is 2.44. The summed E-state index contributed by atoms with van der Waals surface area (Å²) in [6.07, 6.45) is 3.58. The topological polar surface area (TPSA) is 25.8 Å². The maximum Gasteiger partial charge on any atom is 0.196 e. The second kappa shape index (κ2) is 4.19. The highest BCUT2D eigenvalue weighted by Gasteiger charge is 1.98. The lowest BCUT2D eigenvalue weighted by molar-refractivity contribution is 1.11. The number of benzene rings is 1. The summed E-state index contributed by atoms with van der Waals surface area (Å²) in [7, 11) is 0. The number of nitrogens with zero attached hydrogens (tertiary/aromatic N) is 2. The van der Waals surface area contributed by atoms with Gasteiger partial charge in [-0.15, -0.1) is 0 Å². The molecule has 0 aliphatic rings. The summed E-state index contributed by atoms with van der Waals surface area (Å²) in [6, 6.07) is 8.04. The third kappa shape index (κ3) is 2.19. The Hall–Kier alpha value is -0.740. The van der Waals surface area contributed by atoms with E-state index in [9.17, 15) is 0 Å². The third-order valence-electron chi connectivity index (χ3n) is 1.78. The molecule has 1 aromatic carbocycles. The van der Waals surface area contributed by atoms with Gasteiger partial charge in [-0.1, -0.05) is 28.1 Å². The van der Waals surface area contributed by atoms with Crippen molar-refractivity contribution in [2.24, 2.45) is 0 Å². The fraction of sp³-hybridized carbons (Fsp3) is 0. The number of halogens is 2. The molecule has 0 spiro atoms. The molecule has 0 N–H and O–H groups in total. The zero-order valence-electron chi connectivity index (χ0n) is 7.11. The van der Waals surface area contributed by atoms with Gasteiger partial charge in [-0.3, -0.25) is 0 Å².